The molecular weight excluding hydrogens is 408 g/mol. The maximum absolute atomic E-state index is 13.3. The Balaban J connectivity index is 1.77. The average Bonchev–Trinajstić information content (AvgIpc) is 3.18. The van der Waals surface area contributed by atoms with Gasteiger partial charge >= 0.3 is 6.09 Å². The molecule has 160 valence electrons. The minimum atomic E-state index is -0.686. The van der Waals surface area contributed by atoms with Crippen LogP contribution in [0.25, 0.3) is 11.2 Å². The van der Waals surface area contributed by atoms with Crippen LogP contribution in [0.15, 0.2) is 79.6 Å². The van der Waals surface area contributed by atoms with Gasteiger partial charge in [0.1, 0.15) is 0 Å². The number of aromatic nitrogens is 4. The van der Waals surface area contributed by atoms with Gasteiger partial charge in [-0.1, -0.05) is 42.5 Å². The zero-order valence-corrected chi connectivity index (χ0v) is 17.3. The summed E-state index contributed by atoms with van der Waals surface area (Å²) in [7, 11) is 0. The molecule has 4 rings (SSSR count). The first-order valence-electron chi connectivity index (χ1n) is 9.80. The van der Waals surface area contributed by atoms with E-state index in [9.17, 15) is 9.59 Å². The number of anilines is 3. The molecule has 0 aliphatic heterocycles. The van der Waals surface area contributed by atoms with Crippen LogP contribution in [-0.2, 0) is 11.3 Å². The molecule has 0 spiro atoms. The quantitative estimate of drug-likeness (QED) is 0.459. The Kier molecular flexibility index (Phi) is 5.89. The number of para-hydroxylation sites is 2. The fraction of sp³-hybridized carbons (Fsp3) is 0.0870. The van der Waals surface area contributed by atoms with E-state index in [0.29, 0.717) is 23.6 Å². The highest BCUT2D eigenvalue weighted by atomic mass is 16.6. The summed E-state index contributed by atoms with van der Waals surface area (Å²) in [6.07, 6.45) is 2.54. The SMILES string of the molecule is C=CCn1cnc2c(OC(=O)N(c3ccccc3)c3ccccc3)nc(NC(C)=O)nc21. The summed E-state index contributed by atoms with van der Waals surface area (Å²) in [5.74, 6) is -0.417. The van der Waals surface area contributed by atoms with Crippen LogP contribution in [0.1, 0.15) is 6.92 Å². The lowest BCUT2D eigenvalue weighted by molar-refractivity contribution is -0.114. The molecule has 2 heterocycles. The summed E-state index contributed by atoms with van der Waals surface area (Å²) in [6.45, 7) is 5.49. The van der Waals surface area contributed by atoms with Crippen molar-refractivity contribution in [3.8, 4) is 5.88 Å². The molecule has 0 bridgehead atoms. The third-order valence-electron chi connectivity index (χ3n) is 4.44. The first-order valence-corrected chi connectivity index (χ1v) is 9.80. The van der Waals surface area contributed by atoms with Gasteiger partial charge in [-0.05, 0) is 24.3 Å². The van der Waals surface area contributed by atoms with Crippen LogP contribution in [0.3, 0.4) is 0 Å². The third kappa shape index (κ3) is 4.31. The number of ether oxygens (including phenoxy) is 1. The highest BCUT2D eigenvalue weighted by molar-refractivity contribution is 5.98. The van der Waals surface area contributed by atoms with Crippen molar-refractivity contribution in [2.75, 3.05) is 10.2 Å². The normalized spacial score (nSPS) is 10.5. The first kappa shape index (κ1) is 20.7. The predicted octanol–water partition coefficient (Wildman–Crippen LogP) is 4.31. The minimum Gasteiger partial charge on any atom is -0.388 e. The fourth-order valence-electron chi connectivity index (χ4n) is 3.12. The van der Waals surface area contributed by atoms with E-state index >= 15 is 0 Å². The lowest BCUT2D eigenvalue weighted by Crippen LogP contribution is -2.29. The molecule has 9 heteroatoms. The van der Waals surface area contributed by atoms with Crippen molar-refractivity contribution < 1.29 is 14.3 Å². The molecular formula is C23H20N6O3. The second kappa shape index (κ2) is 9.09. The van der Waals surface area contributed by atoms with Crippen LogP contribution in [0.2, 0.25) is 0 Å². The highest BCUT2D eigenvalue weighted by Crippen LogP contribution is 2.28. The molecule has 1 N–H and O–H groups in total. The zero-order chi connectivity index (χ0) is 22.5. The number of carbonyl (C=O) groups excluding carboxylic acids is 2. The van der Waals surface area contributed by atoms with Crippen LogP contribution in [0.4, 0.5) is 22.1 Å². The molecule has 2 aromatic heterocycles. The van der Waals surface area contributed by atoms with Gasteiger partial charge in [-0.3, -0.25) is 10.1 Å². The van der Waals surface area contributed by atoms with Gasteiger partial charge in [0, 0.05) is 13.5 Å². The summed E-state index contributed by atoms with van der Waals surface area (Å²) in [5.41, 5.74) is 1.93. The number of carbonyl (C=O) groups is 2. The molecule has 2 amide bonds. The molecule has 0 fully saturated rings. The largest absolute Gasteiger partial charge is 0.425 e. The van der Waals surface area contributed by atoms with Crippen molar-refractivity contribution in [3.05, 3.63) is 79.6 Å². The number of allylic oxidation sites excluding steroid dienone is 1. The van der Waals surface area contributed by atoms with Crippen molar-refractivity contribution in [3.63, 3.8) is 0 Å². The molecule has 0 saturated heterocycles. The van der Waals surface area contributed by atoms with E-state index < -0.39 is 6.09 Å². The lowest BCUT2D eigenvalue weighted by Gasteiger charge is -2.22. The maximum atomic E-state index is 13.3. The van der Waals surface area contributed by atoms with Gasteiger partial charge in [0.15, 0.2) is 11.2 Å². The number of fused-ring (bicyclic) bond motifs is 1. The van der Waals surface area contributed by atoms with Crippen molar-refractivity contribution in [2.24, 2.45) is 0 Å². The summed E-state index contributed by atoms with van der Waals surface area (Å²) in [5, 5.41) is 2.53. The number of benzene rings is 2. The number of nitrogens with one attached hydrogen (secondary N) is 1. The number of nitrogens with zero attached hydrogens (tertiary/aromatic N) is 5. The van der Waals surface area contributed by atoms with E-state index in [-0.39, 0.29) is 23.3 Å². The second-order valence-corrected chi connectivity index (χ2v) is 6.77. The smallest absolute Gasteiger partial charge is 0.388 e. The number of amides is 2. The number of hydrogen-bond donors (Lipinski definition) is 1. The van der Waals surface area contributed by atoms with Crippen LogP contribution in [0.5, 0.6) is 5.88 Å². The molecule has 4 aromatic rings. The van der Waals surface area contributed by atoms with Gasteiger partial charge in [0.2, 0.25) is 11.9 Å². The van der Waals surface area contributed by atoms with Gasteiger partial charge in [0.25, 0.3) is 5.88 Å². The maximum Gasteiger partial charge on any atom is 0.425 e. The van der Waals surface area contributed by atoms with E-state index in [2.05, 4.69) is 26.8 Å². The topological polar surface area (TPSA) is 102 Å². The monoisotopic (exact) mass is 428 g/mol. The molecule has 32 heavy (non-hydrogen) atoms. The van der Waals surface area contributed by atoms with Crippen molar-refractivity contribution in [1.82, 2.24) is 19.5 Å². The summed E-state index contributed by atoms with van der Waals surface area (Å²) >= 11 is 0. The molecule has 9 nitrogen and oxygen atoms in total. The minimum absolute atomic E-state index is 0.00424. The summed E-state index contributed by atoms with van der Waals surface area (Å²) in [6, 6.07) is 18.2. The Bertz CT molecular complexity index is 1230. The van der Waals surface area contributed by atoms with Crippen LogP contribution >= 0.6 is 0 Å². The average molecular weight is 428 g/mol. The standard InChI is InChI=1S/C23H20N6O3/c1-3-14-28-15-24-19-20(28)26-22(25-16(2)30)27-21(19)32-23(31)29(17-10-6-4-7-11-17)18-12-8-5-9-13-18/h3-13,15H,1,14H2,2H3,(H,25,26,27,30). The van der Waals surface area contributed by atoms with Crippen molar-refractivity contribution in [1.29, 1.82) is 0 Å². The van der Waals surface area contributed by atoms with Crippen LogP contribution in [-0.4, -0.2) is 31.5 Å². The van der Waals surface area contributed by atoms with E-state index in [1.165, 1.54) is 11.8 Å². The Hall–Kier alpha value is -4.53. The third-order valence-corrected chi connectivity index (χ3v) is 4.44. The van der Waals surface area contributed by atoms with Gasteiger partial charge < -0.3 is 9.30 Å². The lowest BCUT2D eigenvalue weighted by atomic mass is 10.2. The molecule has 0 saturated carbocycles. The van der Waals surface area contributed by atoms with E-state index in [1.807, 2.05) is 36.4 Å². The summed E-state index contributed by atoms with van der Waals surface area (Å²) < 4.78 is 7.40. The van der Waals surface area contributed by atoms with Gasteiger partial charge in [-0.25, -0.2) is 14.7 Å². The van der Waals surface area contributed by atoms with E-state index in [0.717, 1.165) is 0 Å². The Morgan fingerprint density at radius 1 is 1.06 bits per heavy atom. The molecule has 0 aliphatic carbocycles. The highest BCUT2D eigenvalue weighted by Gasteiger charge is 2.24. The second-order valence-electron chi connectivity index (χ2n) is 6.77. The molecule has 2 aromatic carbocycles. The Morgan fingerprint density at radius 2 is 1.69 bits per heavy atom. The molecule has 0 unspecified atom stereocenters. The van der Waals surface area contributed by atoms with Crippen molar-refractivity contribution >= 4 is 40.5 Å². The predicted molar refractivity (Wildman–Crippen MR) is 121 cm³/mol. The number of hydrogen-bond acceptors (Lipinski definition) is 6. The molecule has 0 radical (unpaired) electrons. The van der Waals surface area contributed by atoms with E-state index in [4.69, 9.17) is 4.74 Å². The Morgan fingerprint density at radius 3 is 2.25 bits per heavy atom. The Labute approximate surface area is 184 Å². The first-order chi connectivity index (χ1) is 15.6. The zero-order valence-electron chi connectivity index (χ0n) is 17.3. The van der Waals surface area contributed by atoms with Crippen LogP contribution in [0, 0.1) is 0 Å². The number of imidazole rings is 1. The van der Waals surface area contributed by atoms with Gasteiger partial charge in [-0.2, -0.15) is 9.97 Å². The fourth-order valence-corrected chi connectivity index (χ4v) is 3.12. The molecule has 0 aliphatic rings. The number of rotatable bonds is 6. The van der Waals surface area contributed by atoms with Crippen LogP contribution < -0.4 is 15.0 Å². The van der Waals surface area contributed by atoms with Gasteiger partial charge in [0.05, 0.1) is 17.7 Å². The van der Waals surface area contributed by atoms with Gasteiger partial charge in [-0.15, -0.1) is 6.58 Å². The molecule has 0 atom stereocenters. The van der Waals surface area contributed by atoms with E-state index in [1.54, 1.807) is 41.2 Å². The summed E-state index contributed by atoms with van der Waals surface area (Å²) in [4.78, 5) is 39.2. The van der Waals surface area contributed by atoms with Crippen molar-refractivity contribution in [2.45, 2.75) is 13.5 Å².